The first kappa shape index (κ1) is 19.8. The largest absolute Gasteiger partial charge is 0.465 e. The fraction of sp³-hybridized carbons (Fsp3) is 0.300. The summed E-state index contributed by atoms with van der Waals surface area (Å²) in [6.07, 6.45) is 1.74. The fourth-order valence-electron chi connectivity index (χ4n) is 2.97. The first-order valence-corrected chi connectivity index (χ1v) is 9.65. The Morgan fingerprint density at radius 1 is 1.36 bits per heavy atom. The number of benzene rings is 1. The highest BCUT2D eigenvalue weighted by Gasteiger charge is 2.15. The number of rotatable bonds is 5. The van der Waals surface area contributed by atoms with Crippen molar-refractivity contribution < 1.29 is 14.3 Å². The first-order chi connectivity index (χ1) is 13.3. The second-order valence-corrected chi connectivity index (χ2v) is 7.59. The van der Waals surface area contributed by atoms with Crippen LogP contribution in [0.2, 0.25) is 0 Å². The van der Waals surface area contributed by atoms with Crippen molar-refractivity contribution in [1.29, 1.82) is 0 Å². The molecule has 3 rings (SSSR count). The molecule has 3 aromatic rings. The van der Waals surface area contributed by atoms with E-state index in [0.29, 0.717) is 22.6 Å². The zero-order chi connectivity index (χ0) is 20.4. The van der Waals surface area contributed by atoms with Crippen molar-refractivity contribution in [1.82, 2.24) is 14.3 Å². The average Bonchev–Trinajstić information content (AvgIpc) is 3.22. The summed E-state index contributed by atoms with van der Waals surface area (Å²) in [5.41, 5.74) is 2.54. The molecule has 0 fully saturated rings. The third kappa shape index (κ3) is 3.68. The van der Waals surface area contributed by atoms with Crippen molar-refractivity contribution >= 4 is 33.4 Å². The minimum absolute atomic E-state index is 0.160. The summed E-state index contributed by atoms with van der Waals surface area (Å²) in [6, 6.07) is 7.16. The van der Waals surface area contributed by atoms with Gasteiger partial charge in [-0.2, -0.15) is 10.1 Å². The lowest BCUT2D eigenvalue weighted by Gasteiger charge is -2.06. The van der Waals surface area contributed by atoms with E-state index in [-0.39, 0.29) is 6.04 Å². The highest BCUT2D eigenvalue weighted by Crippen LogP contribution is 2.20. The van der Waals surface area contributed by atoms with Gasteiger partial charge < -0.3 is 9.30 Å². The van der Waals surface area contributed by atoms with Crippen LogP contribution in [0, 0.1) is 6.92 Å². The maximum Gasteiger partial charge on any atom is 0.337 e. The molecule has 1 amide bonds. The molecule has 0 aliphatic rings. The Bertz CT molecular complexity index is 1130. The summed E-state index contributed by atoms with van der Waals surface area (Å²) in [5.74, 6) is -0.810. The standard InChI is InChI=1S/C20H22N4O3S/c1-6-9-23-16-8-7-14(19(26)27-5)11-17(16)28-20(23)21-18(25)15-10-13(4)24(22-15)12(2)3/h6-8,10-12H,1,9H2,2-5H3. The molecule has 0 spiro atoms. The van der Waals surface area contributed by atoms with Gasteiger partial charge in [-0.05, 0) is 45.0 Å². The van der Waals surface area contributed by atoms with Crippen LogP contribution < -0.4 is 4.80 Å². The Balaban J connectivity index is 2.11. The Labute approximate surface area is 166 Å². The SMILES string of the molecule is C=CCn1c(=NC(=O)c2cc(C)n(C(C)C)n2)sc2cc(C(=O)OC)ccc21. The van der Waals surface area contributed by atoms with Gasteiger partial charge in [-0.15, -0.1) is 6.58 Å². The molecule has 2 aromatic heterocycles. The summed E-state index contributed by atoms with van der Waals surface area (Å²) in [5, 5.41) is 4.37. The van der Waals surface area contributed by atoms with Crippen LogP contribution >= 0.6 is 11.3 Å². The van der Waals surface area contributed by atoms with Gasteiger partial charge in [0.15, 0.2) is 10.5 Å². The minimum atomic E-state index is -0.408. The smallest absolute Gasteiger partial charge is 0.337 e. The van der Waals surface area contributed by atoms with Crippen LogP contribution in [0.5, 0.6) is 0 Å². The number of aromatic nitrogens is 3. The van der Waals surface area contributed by atoms with Crippen molar-refractivity contribution in [3.63, 3.8) is 0 Å². The van der Waals surface area contributed by atoms with Crippen molar-refractivity contribution in [2.24, 2.45) is 4.99 Å². The van der Waals surface area contributed by atoms with Gasteiger partial charge >= 0.3 is 5.97 Å². The number of methoxy groups -OCH3 is 1. The molecular formula is C20H22N4O3S. The van der Waals surface area contributed by atoms with E-state index >= 15 is 0 Å². The molecule has 0 saturated heterocycles. The number of thiazole rings is 1. The summed E-state index contributed by atoms with van der Waals surface area (Å²) < 4.78 is 9.30. The van der Waals surface area contributed by atoms with Gasteiger partial charge in [0.2, 0.25) is 0 Å². The van der Waals surface area contributed by atoms with E-state index in [1.165, 1.54) is 18.4 Å². The van der Waals surface area contributed by atoms with E-state index < -0.39 is 11.9 Å². The first-order valence-electron chi connectivity index (χ1n) is 8.83. The highest BCUT2D eigenvalue weighted by molar-refractivity contribution is 7.16. The number of hydrogen-bond acceptors (Lipinski definition) is 5. The second kappa shape index (κ2) is 7.93. The van der Waals surface area contributed by atoms with Crippen LogP contribution in [0.15, 0.2) is 41.9 Å². The zero-order valence-electron chi connectivity index (χ0n) is 16.3. The lowest BCUT2D eigenvalue weighted by atomic mass is 10.2. The number of aryl methyl sites for hydroxylation is 1. The molecule has 0 unspecified atom stereocenters. The van der Waals surface area contributed by atoms with Crippen molar-refractivity contribution in [3.05, 3.63) is 58.7 Å². The van der Waals surface area contributed by atoms with E-state index in [2.05, 4.69) is 16.7 Å². The molecular weight excluding hydrogens is 376 g/mol. The van der Waals surface area contributed by atoms with Crippen LogP contribution in [0.4, 0.5) is 0 Å². The maximum atomic E-state index is 12.7. The van der Waals surface area contributed by atoms with Crippen molar-refractivity contribution in [2.45, 2.75) is 33.4 Å². The highest BCUT2D eigenvalue weighted by atomic mass is 32.1. The van der Waals surface area contributed by atoms with Crippen LogP contribution in [0.1, 0.15) is 46.4 Å². The predicted molar refractivity (Wildman–Crippen MR) is 109 cm³/mol. The number of carbonyl (C=O) groups excluding carboxylic acids is 2. The second-order valence-electron chi connectivity index (χ2n) is 6.58. The number of nitrogens with zero attached hydrogens (tertiary/aromatic N) is 4. The molecule has 0 N–H and O–H groups in total. The number of amides is 1. The molecule has 0 atom stereocenters. The van der Waals surface area contributed by atoms with Gasteiger partial charge in [0, 0.05) is 18.3 Å². The van der Waals surface area contributed by atoms with Gasteiger partial charge in [0.1, 0.15) is 0 Å². The van der Waals surface area contributed by atoms with Crippen LogP contribution in [-0.4, -0.2) is 33.3 Å². The van der Waals surface area contributed by atoms with Crippen LogP contribution in [0.25, 0.3) is 10.2 Å². The van der Waals surface area contributed by atoms with E-state index in [9.17, 15) is 9.59 Å². The molecule has 146 valence electrons. The Kier molecular flexibility index (Phi) is 5.60. The van der Waals surface area contributed by atoms with Crippen LogP contribution in [-0.2, 0) is 11.3 Å². The van der Waals surface area contributed by atoms with Gasteiger partial charge in [-0.25, -0.2) is 4.79 Å². The average molecular weight is 398 g/mol. The number of esters is 1. The maximum absolute atomic E-state index is 12.7. The van der Waals surface area contributed by atoms with Gasteiger partial charge in [0.05, 0.1) is 22.9 Å². The molecule has 7 nitrogen and oxygen atoms in total. The molecule has 8 heteroatoms. The number of ether oxygens (including phenoxy) is 1. The topological polar surface area (TPSA) is 78.5 Å². The Hall–Kier alpha value is -3.00. The summed E-state index contributed by atoms with van der Waals surface area (Å²) >= 11 is 1.33. The molecule has 28 heavy (non-hydrogen) atoms. The molecule has 1 aromatic carbocycles. The van der Waals surface area contributed by atoms with Gasteiger partial charge in [0.25, 0.3) is 5.91 Å². The normalized spacial score (nSPS) is 12.0. The molecule has 0 aliphatic carbocycles. The van der Waals surface area contributed by atoms with E-state index in [1.54, 1.807) is 29.0 Å². The molecule has 0 radical (unpaired) electrons. The van der Waals surface area contributed by atoms with Crippen molar-refractivity contribution in [3.8, 4) is 0 Å². The quantitative estimate of drug-likeness (QED) is 0.487. The Morgan fingerprint density at radius 3 is 2.71 bits per heavy atom. The molecule has 0 saturated carbocycles. The van der Waals surface area contributed by atoms with E-state index in [0.717, 1.165) is 15.9 Å². The minimum Gasteiger partial charge on any atom is -0.465 e. The third-order valence-corrected chi connectivity index (χ3v) is 5.28. The Morgan fingerprint density at radius 2 is 2.11 bits per heavy atom. The lowest BCUT2D eigenvalue weighted by molar-refractivity contribution is 0.0601. The number of carbonyl (C=O) groups is 2. The summed E-state index contributed by atoms with van der Waals surface area (Å²) in [6.45, 7) is 10.2. The summed E-state index contributed by atoms with van der Waals surface area (Å²) in [7, 11) is 1.34. The van der Waals surface area contributed by atoms with Gasteiger partial charge in [-0.3, -0.25) is 9.48 Å². The van der Waals surface area contributed by atoms with Gasteiger partial charge in [-0.1, -0.05) is 17.4 Å². The molecule has 2 heterocycles. The third-order valence-electron chi connectivity index (χ3n) is 4.24. The van der Waals surface area contributed by atoms with Crippen LogP contribution in [0.3, 0.4) is 0 Å². The van der Waals surface area contributed by atoms with E-state index in [4.69, 9.17) is 4.74 Å². The van der Waals surface area contributed by atoms with Crippen molar-refractivity contribution in [2.75, 3.05) is 7.11 Å². The zero-order valence-corrected chi connectivity index (χ0v) is 17.1. The number of hydrogen-bond donors (Lipinski definition) is 0. The monoisotopic (exact) mass is 398 g/mol. The van der Waals surface area contributed by atoms with E-state index in [1.807, 2.05) is 31.4 Å². The molecule has 0 aliphatic heterocycles. The number of allylic oxidation sites excluding steroid dienone is 1. The number of fused-ring (bicyclic) bond motifs is 1. The fourth-order valence-corrected chi connectivity index (χ4v) is 4.05. The lowest BCUT2D eigenvalue weighted by Crippen LogP contribution is -2.16. The predicted octanol–water partition coefficient (Wildman–Crippen LogP) is 3.50. The summed E-state index contributed by atoms with van der Waals surface area (Å²) in [4.78, 5) is 29.3. The molecule has 0 bridgehead atoms.